The van der Waals surface area contributed by atoms with Crippen LogP contribution in [0.5, 0.6) is 5.75 Å². The van der Waals surface area contributed by atoms with E-state index in [9.17, 15) is 0 Å². The zero-order chi connectivity index (χ0) is 27.0. The van der Waals surface area contributed by atoms with Crippen LogP contribution in [0.15, 0.2) is 121 Å². The first-order chi connectivity index (χ1) is 18.9. The van der Waals surface area contributed by atoms with Crippen LogP contribution in [-0.2, 0) is 0 Å². The van der Waals surface area contributed by atoms with Gasteiger partial charge < -0.3 is 19.1 Å². The number of para-hydroxylation sites is 2. The molecule has 192 valence electrons. The average Bonchev–Trinajstić information content (AvgIpc) is 3.28. The van der Waals surface area contributed by atoms with Gasteiger partial charge in [-0.15, -0.1) is 0 Å². The molecule has 0 spiro atoms. The highest BCUT2D eigenvalue weighted by Crippen LogP contribution is 2.37. The van der Waals surface area contributed by atoms with Crippen molar-refractivity contribution < 1.29 is 9.68 Å². The first kappa shape index (κ1) is 24.8. The average molecular weight is 510 g/mol. The second-order valence-corrected chi connectivity index (χ2v) is 10.7. The van der Waals surface area contributed by atoms with Crippen LogP contribution < -0.4 is 9.55 Å². The van der Waals surface area contributed by atoms with Gasteiger partial charge in [0.15, 0.2) is 0 Å². The van der Waals surface area contributed by atoms with E-state index in [1.165, 1.54) is 38.6 Å². The molecule has 6 aromatic rings. The van der Waals surface area contributed by atoms with Gasteiger partial charge in [0.2, 0.25) is 0 Å². The van der Waals surface area contributed by atoms with Crippen molar-refractivity contribution in [2.75, 3.05) is 4.90 Å². The standard InChI is InChI=1S/C34H31BN2O2/c1-34(2,3)37(28-18-20-29(21-19-28)39-35-38)27-16-13-24(14-17-27)25-15-22-33-31(23-25)30-11-7-8-12-32(30)36(33)26-9-5-4-6-10-26/h4-23,35,38H,1-3H3. The van der Waals surface area contributed by atoms with Crippen LogP contribution in [0.2, 0.25) is 0 Å². The van der Waals surface area contributed by atoms with Gasteiger partial charge in [-0.3, -0.25) is 0 Å². The van der Waals surface area contributed by atoms with Crippen LogP contribution >= 0.6 is 0 Å². The molecule has 39 heavy (non-hydrogen) atoms. The smallest absolute Gasteiger partial charge is 0.504 e. The number of rotatable bonds is 6. The van der Waals surface area contributed by atoms with E-state index in [2.05, 4.69) is 127 Å². The maximum absolute atomic E-state index is 9.06. The summed E-state index contributed by atoms with van der Waals surface area (Å²) in [5.41, 5.74) is 7.99. The minimum absolute atomic E-state index is 0.140. The fraction of sp³-hybridized carbons (Fsp3) is 0.118. The van der Waals surface area contributed by atoms with Gasteiger partial charge in [0.25, 0.3) is 0 Å². The van der Waals surface area contributed by atoms with Crippen molar-refractivity contribution in [3.05, 3.63) is 121 Å². The molecule has 5 aromatic carbocycles. The zero-order valence-corrected chi connectivity index (χ0v) is 22.5. The van der Waals surface area contributed by atoms with Crippen molar-refractivity contribution in [3.63, 3.8) is 0 Å². The number of anilines is 2. The predicted molar refractivity (Wildman–Crippen MR) is 165 cm³/mol. The van der Waals surface area contributed by atoms with E-state index in [0.717, 1.165) is 11.4 Å². The third-order valence-corrected chi connectivity index (χ3v) is 7.14. The van der Waals surface area contributed by atoms with E-state index in [-0.39, 0.29) is 13.2 Å². The number of benzene rings is 5. The largest absolute Gasteiger partial charge is 0.539 e. The monoisotopic (exact) mass is 510 g/mol. The van der Waals surface area contributed by atoms with Gasteiger partial charge in [-0.05, 0) is 98.6 Å². The lowest BCUT2D eigenvalue weighted by atomic mass is 10.00. The van der Waals surface area contributed by atoms with Gasteiger partial charge in [0, 0.05) is 33.4 Å². The lowest BCUT2D eigenvalue weighted by molar-refractivity contribution is 0.453. The fourth-order valence-electron chi connectivity index (χ4n) is 5.50. The Morgan fingerprint density at radius 2 is 1.23 bits per heavy atom. The molecule has 0 aliphatic heterocycles. The highest BCUT2D eigenvalue weighted by Gasteiger charge is 2.24. The Morgan fingerprint density at radius 3 is 1.90 bits per heavy atom. The van der Waals surface area contributed by atoms with E-state index < -0.39 is 0 Å². The number of aromatic nitrogens is 1. The molecule has 0 amide bonds. The SMILES string of the molecule is CC(C)(C)N(c1ccc(OBO)cc1)c1ccc(-c2ccc3c(c2)c2ccccc2n3-c2ccccc2)cc1. The molecule has 6 rings (SSSR count). The Hall–Kier alpha value is -4.48. The Kier molecular flexibility index (Phi) is 6.37. The van der Waals surface area contributed by atoms with E-state index in [1.807, 2.05) is 24.3 Å². The zero-order valence-electron chi connectivity index (χ0n) is 22.5. The van der Waals surface area contributed by atoms with Crippen molar-refractivity contribution in [2.45, 2.75) is 26.3 Å². The van der Waals surface area contributed by atoms with Crippen LogP contribution in [0.4, 0.5) is 11.4 Å². The fourth-order valence-corrected chi connectivity index (χ4v) is 5.50. The first-order valence-electron chi connectivity index (χ1n) is 13.3. The molecule has 0 radical (unpaired) electrons. The second-order valence-electron chi connectivity index (χ2n) is 10.7. The quantitative estimate of drug-likeness (QED) is 0.231. The van der Waals surface area contributed by atoms with Crippen LogP contribution in [0.1, 0.15) is 20.8 Å². The topological polar surface area (TPSA) is 37.6 Å². The molecular formula is C34H31BN2O2. The lowest BCUT2D eigenvalue weighted by Crippen LogP contribution is -2.37. The number of fused-ring (bicyclic) bond motifs is 3. The molecule has 1 aromatic heterocycles. The van der Waals surface area contributed by atoms with E-state index in [1.54, 1.807) is 0 Å². The van der Waals surface area contributed by atoms with Crippen molar-refractivity contribution in [3.8, 4) is 22.6 Å². The molecule has 0 aliphatic rings. The Morgan fingerprint density at radius 1 is 0.641 bits per heavy atom. The molecule has 5 heteroatoms. The molecule has 4 nitrogen and oxygen atoms in total. The number of hydrogen-bond donors (Lipinski definition) is 1. The number of hydrogen-bond acceptors (Lipinski definition) is 3. The Bertz CT molecular complexity index is 1740. The maximum atomic E-state index is 9.06. The van der Waals surface area contributed by atoms with Gasteiger partial charge >= 0.3 is 7.69 Å². The number of nitrogens with zero attached hydrogens (tertiary/aromatic N) is 2. The molecule has 0 unspecified atom stereocenters. The molecular weight excluding hydrogens is 479 g/mol. The summed E-state index contributed by atoms with van der Waals surface area (Å²) in [6.45, 7) is 6.61. The van der Waals surface area contributed by atoms with Crippen molar-refractivity contribution in [1.29, 1.82) is 0 Å². The summed E-state index contributed by atoms with van der Waals surface area (Å²) in [6.07, 6.45) is 0. The predicted octanol–water partition coefficient (Wildman–Crippen LogP) is 8.02. The molecule has 0 saturated carbocycles. The van der Waals surface area contributed by atoms with Crippen molar-refractivity contribution in [2.24, 2.45) is 0 Å². The van der Waals surface area contributed by atoms with Crippen LogP contribution in [0.3, 0.4) is 0 Å². The van der Waals surface area contributed by atoms with Crippen molar-refractivity contribution in [1.82, 2.24) is 4.57 Å². The summed E-state index contributed by atoms with van der Waals surface area (Å²) in [5, 5.41) is 11.6. The van der Waals surface area contributed by atoms with E-state index in [0.29, 0.717) is 5.75 Å². The molecule has 0 fully saturated rings. The highest BCUT2D eigenvalue weighted by atomic mass is 16.5. The second kappa shape index (κ2) is 10.0. The summed E-state index contributed by atoms with van der Waals surface area (Å²) >= 11 is 0. The molecule has 0 saturated heterocycles. The van der Waals surface area contributed by atoms with Crippen molar-refractivity contribution >= 4 is 40.9 Å². The summed E-state index contributed by atoms with van der Waals surface area (Å²) in [4.78, 5) is 2.32. The lowest BCUT2D eigenvalue weighted by Gasteiger charge is -2.38. The molecule has 0 bridgehead atoms. The minimum atomic E-state index is -0.331. The maximum Gasteiger partial charge on any atom is 0.504 e. The van der Waals surface area contributed by atoms with Crippen LogP contribution in [0, 0.1) is 0 Å². The summed E-state index contributed by atoms with van der Waals surface area (Å²) in [6, 6.07) is 42.6. The molecule has 1 heterocycles. The van der Waals surface area contributed by atoms with Gasteiger partial charge in [-0.1, -0.05) is 54.6 Å². The highest BCUT2D eigenvalue weighted by molar-refractivity contribution is 6.17. The molecule has 0 atom stereocenters. The van der Waals surface area contributed by atoms with Gasteiger partial charge in [0.05, 0.1) is 11.0 Å². The van der Waals surface area contributed by atoms with E-state index >= 15 is 0 Å². The molecule has 1 N–H and O–H groups in total. The van der Waals surface area contributed by atoms with Crippen LogP contribution in [0.25, 0.3) is 38.6 Å². The first-order valence-corrected chi connectivity index (χ1v) is 13.3. The summed E-state index contributed by atoms with van der Waals surface area (Å²) in [7, 11) is -0.331. The minimum Gasteiger partial charge on any atom is -0.539 e. The van der Waals surface area contributed by atoms with E-state index in [4.69, 9.17) is 9.68 Å². The normalized spacial score (nSPS) is 11.6. The third-order valence-electron chi connectivity index (χ3n) is 7.14. The molecule has 0 aliphatic carbocycles. The van der Waals surface area contributed by atoms with Gasteiger partial charge in [-0.2, -0.15) is 0 Å². The van der Waals surface area contributed by atoms with Crippen LogP contribution in [-0.4, -0.2) is 22.8 Å². The summed E-state index contributed by atoms with van der Waals surface area (Å²) < 4.78 is 7.56. The van der Waals surface area contributed by atoms with Gasteiger partial charge in [-0.25, -0.2) is 0 Å². The Balaban J connectivity index is 1.39. The third kappa shape index (κ3) is 4.66. The Labute approximate surface area is 230 Å². The van der Waals surface area contributed by atoms with Gasteiger partial charge in [0.1, 0.15) is 5.75 Å². The summed E-state index contributed by atoms with van der Waals surface area (Å²) in [5.74, 6) is 0.648.